The number of aliphatic carboxylic acids is 1. The van der Waals surface area contributed by atoms with Gasteiger partial charge >= 0.3 is 5.97 Å². The topological polar surface area (TPSA) is 122 Å². The van der Waals surface area contributed by atoms with Crippen molar-refractivity contribution in [3.8, 4) is 0 Å². The maximum atomic E-state index is 11.9. The lowest BCUT2D eigenvalue weighted by molar-refractivity contribution is -0.142. The second kappa shape index (κ2) is 7.58. The normalized spacial score (nSPS) is 12.0. The third-order valence-electron chi connectivity index (χ3n) is 3.01. The molecule has 0 radical (unpaired) electrons. The average molecular weight is 311 g/mol. The van der Waals surface area contributed by atoms with Crippen molar-refractivity contribution in [3.63, 3.8) is 0 Å². The van der Waals surface area contributed by atoms with Gasteiger partial charge in [0.05, 0.1) is 12.2 Å². The number of carbonyl (C=O) groups is 3. The number of nitrogens with zero attached hydrogens (tertiary/aromatic N) is 1. The first-order chi connectivity index (χ1) is 10.2. The largest absolute Gasteiger partial charge is 0.480 e. The second-order valence-corrected chi connectivity index (χ2v) is 5.47. The highest BCUT2D eigenvalue weighted by atomic mass is 16.5. The SMILES string of the molecule is Cc1noc(C)c1C(=O)NCC(=O)N[C@@H](CC(C)C)C(=O)O. The van der Waals surface area contributed by atoms with E-state index in [0.29, 0.717) is 17.9 Å². The van der Waals surface area contributed by atoms with Crippen molar-refractivity contribution in [1.29, 1.82) is 0 Å². The molecule has 0 saturated heterocycles. The molecule has 22 heavy (non-hydrogen) atoms. The molecule has 2 amide bonds. The number of amides is 2. The number of carbonyl (C=O) groups excluding carboxylic acids is 2. The Morgan fingerprint density at radius 2 is 1.91 bits per heavy atom. The van der Waals surface area contributed by atoms with Crippen molar-refractivity contribution >= 4 is 17.8 Å². The van der Waals surface area contributed by atoms with E-state index in [1.165, 1.54) is 0 Å². The first kappa shape index (κ1) is 17.7. The van der Waals surface area contributed by atoms with Gasteiger partial charge in [0.2, 0.25) is 5.91 Å². The Morgan fingerprint density at radius 1 is 1.27 bits per heavy atom. The maximum Gasteiger partial charge on any atom is 0.326 e. The fraction of sp³-hybridized carbons (Fsp3) is 0.571. The van der Waals surface area contributed by atoms with Crippen molar-refractivity contribution in [2.24, 2.45) is 5.92 Å². The molecule has 0 aliphatic heterocycles. The molecule has 1 heterocycles. The Labute approximate surface area is 128 Å². The lowest BCUT2D eigenvalue weighted by atomic mass is 10.0. The van der Waals surface area contributed by atoms with Crippen LogP contribution in [0.5, 0.6) is 0 Å². The van der Waals surface area contributed by atoms with Crippen LogP contribution >= 0.6 is 0 Å². The van der Waals surface area contributed by atoms with Crippen LogP contribution in [0.4, 0.5) is 0 Å². The summed E-state index contributed by atoms with van der Waals surface area (Å²) in [6.45, 7) is 6.63. The lowest BCUT2D eigenvalue weighted by Gasteiger charge is -2.16. The Balaban J connectivity index is 2.55. The summed E-state index contributed by atoms with van der Waals surface area (Å²) >= 11 is 0. The summed E-state index contributed by atoms with van der Waals surface area (Å²) in [4.78, 5) is 34.8. The van der Waals surface area contributed by atoms with Crippen LogP contribution < -0.4 is 10.6 Å². The minimum Gasteiger partial charge on any atom is -0.480 e. The molecule has 0 saturated carbocycles. The minimum atomic E-state index is -1.10. The van der Waals surface area contributed by atoms with Gasteiger partial charge in [0.1, 0.15) is 17.4 Å². The standard InChI is InChI=1S/C14H21N3O5/c1-7(2)5-10(14(20)21)16-11(18)6-15-13(19)12-8(3)17-22-9(12)4/h7,10H,5-6H2,1-4H3,(H,15,19)(H,16,18)(H,20,21)/t10-/m0/s1. The fourth-order valence-electron chi connectivity index (χ4n) is 1.99. The molecule has 0 fully saturated rings. The van der Waals surface area contributed by atoms with Gasteiger partial charge in [0.25, 0.3) is 5.91 Å². The van der Waals surface area contributed by atoms with Gasteiger partial charge in [-0.15, -0.1) is 0 Å². The Kier molecular flexibility index (Phi) is 6.09. The quantitative estimate of drug-likeness (QED) is 0.679. The first-order valence-electron chi connectivity index (χ1n) is 6.95. The van der Waals surface area contributed by atoms with E-state index in [4.69, 9.17) is 9.63 Å². The summed E-state index contributed by atoms with van der Waals surface area (Å²) in [6, 6.07) is -0.969. The summed E-state index contributed by atoms with van der Waals surface area (Å²) < 4.78 is 4.87. The molecule has 1 aromatic heterocycles. The number of aryl methyl sites for hydroxylation is 2. The number of aromatic nitrogens is 1. The molecule has 0 unspecified atom stereocenters. The Bertz CT molecular complexity index is 545. The van der Waals surface area contributed by atoms with Crippen LogP contribution in [-0.4, -0.2) is 40.6 Å². The summed E-state index contributed by atoms with van der Waals surface area (Å²) in [7, 11) is 0. The number of rotatable bonds is 7. The molecule has 0 aliphatic carbocycles. The van der Waals surface area contributed by atoms with E-state index < -0.39 is 23.8 Å². The predicted octanol–water partition coefficient (Wildman–Crippen LogP) is 0.637. The van der Waals surface area contributed by atoms with Crippen molar-refractivity contribution < 1.29 is 24.0 Å². The molecule has 1 atom stereocenters. The van der Waals surface area contributed by atoms with Gasteiger partial charge in [-0.1, -0.05) is 19.0 Å². The molecule has 0 bridgehead atoms. The van der Waals surface area contributed by atoms with Crippen LogP contribution in [0.3, 0.4) is 0 Å². The Hall–Kier alpha value is -2.38. The van der Waals surface area contributed by atoms with E-state index in [1.54, 1.807) is 13.8 Å². The average Bonchev–Trinajstić information content (AvgIpc) is 2.74. The molecular formula is C14H21N3O5. The van der Waals surface area contributed by atoms with E-state index in [2.05, 4.69) is 15.8 Å². The first-order valence-corrected chi connectivity index (χ1v) is 6.95. The summed E-state index contributed by atoms with van der Waals surface area (Å²) in [5.74, 6) is -1.66. The van der Waals surface area contributed by atoms with Crippen molar-refractivity contribution in [3.05, 3.63) is 17.0 Å². The lowest BCUT2D eigenvalue weighted by Crippen LogP contribution is -2.46. The van der Waals surface area contributed by atoms with Gasteiger partial charge in [-0.2, -0.15) is 0 Å². The van der Waals surface area contributed by atoms with Crippen molar-refractivity contribution in [2.45, 2.75) is 40.2 Å². The molecule has 8 nitrogen and oxygen atoms in total. The van der Waals surface area contributed by atoms with E-state index in [-0.39, 0.29) is 18.0 Å². The molecule has 122 valence electrons. The molecule has 1 rings (SSSR count). The highest BCUT2D eigenvalue weighted by Crippen LogP contribution is 2.11. The molecule has 8 heteroatoms. The highest BCUT2D eigenvalue weighted by Gasteiger charge is 2.22. The van der Waals surface area contributed by atoms with Gasteiger partial charge in [-0.25, -0.2) is 4.79 Å². The molecule has 0 aromatic carbocycles. The zero-order valence-corrected chi connectivity index (χ0v) is 13.1. The van der Waals surface area contributed by atoms with Crippen LogP contribution in [0.25, 0.3) is 0 Å². The molecule has 1 aromatic rings. The third-order valence-corrected chi connectivity index (χ3v) is 3.01. The van der Waals surface area contributed by atoms with E-state index in [1.807, 2.05) is 13.8 Å². The number of carboxylic acid groups (broad SMARTS) is 1. The minimum absolute atomic E-state index is 0.123. The van der Waals surface area contributed by atoms with E-state index in [9.17, 15) is 14.4 Å². The predicted molar refractivity (Wildman–Crippen MR) is 77.3 cm³/mol. The van der Waals surface area contributed by atoms with Gasteiger partial charge in [-0.3, -0.25) is 9.59 Å². The van der Waals surface area contributed by atoms with Crippen molar-refractivity contribution in [1.82, 2.24) is 15.8 Å². The van der Waals surface area contributed by atoms with Crippen LogP contribution in [-0.2, 0) is 9.59 Å². The van der Waals surface area contributed by atoms with Gasteiger partial charge in [0.15, 0.2) is 0 Å². The smallest absolute Gasteiger partial charge is 0.326 e. The highest BCUT2D eigenvalue weighted by molar-refractivity contribution is 5.98. The van der Waals surface area contributed by atoms with Gasteiger partial charge in [0, 0.05) is 0 Å². The molecule has 0 spiro atoms. The summed E-state index contributed by atoms with van der Waals surface area (Å²) in [6.07, 6.45) is 0.318. The third kappa shape index (κ3) is 4.87. The number of carboxylic acids is 1. The fourth-order valence-corrected chi connectivity index (χ4v) is 1.99. The van der Waals surface area contributed by atoms with Crippen LogP contribution in [0, 0.1) is 19.8 Å². The van der Waals surface area contributed by atoms with Crippen molar-refractivity contribution in [2.75, 3.05) is 6.54 Å². The number of nitrogens with one attached hydrogen (secondary N) is 2. The van der Waals surface area contributed by atoms with Crippen LogP contribution in [0.15, 0.2) is 4.52 Å². The molecule has 0 aliphatic rings. The van der Waals surface area contributed by atoms with Gasteiger partial charge in [-0.05, 0) is 26.2 Å². The number of hydrogen-bond donors (Lipinski definition) is 3. The van der Waals surface area contributed by atoms with Crippen LogP contribution in [0.2, 0.25) is 0 Å². The summed E-state index contributed by atoms with van der Waals surface area (Å²) in [5.41, 5.74) is 0.711. The summed E-state index contributed by atoms with van der Waals surface area (Å²) in [5, 5.41) is 17.5. The zero-order chi connectivity index (χ0) is 16.9. The Morgan fingerprint density at radius 3 is 2.36 bits per heavy atom. The van der Waals surface area contributed by atoms with Gasteiger partial charge < -0.3 is 20.3 Å². The molecule has 3 N–H and O–H groups in total. The zero-order valence-electron chi connectivity index (χ0n) is 13.1. The molecular weight excluding hydrogens is 290 g/mol. The monoisotopic (exact) mass is 311 g/mol. The van der Waals surface area contributed by atoms with E-state index in [0.717, 1.165) is 0 Å². The number of hydrogen-bond acceptors (Lipinski definition) is 5. The second-order valence-electron chi connectivity index (χ2n) is 5.47. The van der Waals surface area contributed by atoms with Crippen LogP contribution in [0.1, 0.15) is 42.1 Å². The van der Waals surface area contributed by atoms with E-state index >= 15 is 0 Å². The maximum absolute atomic E-state index is 11.9.